The van der Waals surface area contributed by atoms with Gasteiger partial charge in [0, 0.05) is 37.6 Å². The number of benzene rings is 1. The highest BCUT2D eigenvalue weighted by Gasteiger charge is 2.38. The second kappa shape index (κ2) is 6.86. The van der Waals surface area contributed by atoms with Gasteiger partial charge in [-0.2, -0.15) is 10.2 Å². The molecule has 1 saturated heterocycles. The molecule has 2 aromatic heterocycles. The molecule has 1 aliphatic rings. The Kier molecular flexibility index (Phi) is 4.37. The van der Waals surface area contributed by atoms with E-state index in [2.05, 4.69) is 21.2 Å². The van der Waals surface area contributed by atoms with Crippen molar-refractivity contribution in [1.82, 2.24) is 15.1 Å². The van der Waals surface area contributed by atoms with Crippen LogP contribution in [0.2, 0.25) is 0 Å². The molecule has 3 aromatic rings. The molecule has 1 aliphatic heterocycles. The van der Waals surface area contributed by atoms with Crippen molar-refractivity contribution in [3.8, 4) is 6.07 Å². The van der Waals surface area contributed by atoms with E-state index in [4.69, 9.17) is 9.26 Å². The van der Waals surface area contributed by atoms with Crippen LogP contribution < -0.4 is 4.90 Å². The van der Waals surface area contributed by atoms with Crippen molar-refractivity contribution >= 4 is 22.4 Å². The lowest BCUT2D eigenvalue weighted by Gasteiger charge is -2.23. The lowest BCUT2D eigenvalue weighted by Crippen LogP contribution is -2.26. The Bertz CT molecular complexity index is 1110. The van der Waals surface area contributed by atoms with Crippen LogP contribution in [0.1, 0.15) is 29.7 Å². The minimum absolute atomic E-state index is 0.0582. The van der Waals surface area contributed by atoms with E-state index in [1.165, 1.54) is 12.1 Å². The van der Waals surface area contributed by atoms with E-state index >= 15 is 0 Å². The Balaban J connectivity index is 1.81. The normalized spacial score (nSPS) is 19.1. The van der Waals surface area contributed by atoms with Crippen LogP contribution >= 0.6 is 0 Å². The molecule has 0 bridgehead atoms. The average Bonchev–Trinajstić information content (AvgIpc) is 3.32. The molecule has 0 aliphatic carbocycles. The van der Waals surface area contributed by atoms with E-state index in [0.29, 0.717) is 47.0 Å². The van der Waals surface area contributed by atoms with Gasteiger partial charge >= 0.3 is 0 Å². The van der Waals surface area contributed by atoms with Crippen LogP contribution in [0.5, 0.6) is 0 Å². The van der Waals surface area contributed by atoms with Crippen LogP contribution in [-0.4, -0.2) is 39.8 Å². The van der Waals surface area contributed by atoms with Crippen molar-refractivity contribution in [2.24, 2.45) is 0 Å². The number of nitrogens with zero attached hydrogens (tertiary/aromatic N) is 6. The molecule has 10 heteroatoms. The first-order chi connectivity index (χ1) is 13.5. The van der Waals surface area contributed by atoms with Crippen molar-refractivity contribution in [3.05, 3.63) is 51.7 Å². The molecule has 0 amide bonds. The fourth-order valence-corrected chi connectivity index (χ4v) is 3.46. The van der Waals surface area contributed by atoms with E-state index in [0.717, 1.165) is 0 Å². The fourth-order valence-electron chi connectivity index (χ4n) is 3.46. The van der Waals surface area contributed by atoms with Gasteiger partial charge in [0.1, 0.15) is 11.9 Å². The first-order valence-corrected chi connectivity index (χ1v) is 8.59. The number of rotatable bonds is 4. The highest BCUT2D eigenvalue weighted by atomic mass is 16.6. The maximum Gasteiger partial charge on any atom is 0.270 e. The van der Waals surface area contributed by atoms with Crippen molar-refractivity contribution in [2.45, 2.75) is 25.5 Å². The van der Waals surface area contributed by atoms with E-state index < -0.39 is 4.92 Å². The number of nitro groups is 1. The number of hydrogen-bond donors (Lipinski definition) is 0. The molecule has 10 nitrogen and oxygen atoms in total. The zero-order chi connectivity index (χ0) is 19.8. The van der Waals surface area contributed by atoms with Crippen LogP contribution in [0.25, 0.3) is 10.9 Å². The number of aromatic nitrogens is 3. The fraction of sp³-hybridized carbons (Fsp3) is 0.333. The first-order valence-electron chi connectivity index (χ1n) is 8.59. The maximum absolute atomic E-state index is 11.0. The van der Waals surface area contributed by atoms with Gasteiger partial charge in [-0.1, -0.05) is 5.16 Å². The van der Waals surface area contributed by atoms with Crippen molar-refractivity contribution in [2.75, 3.05) is 18.6 Å². The van der Waals surface area contributed by atoms with E-state index in [1.54, 1.807) is 26.2 Å². The summed E-state index contributed by atoms with van der Waals surface area (Å²) in [7, 11) is 1.64. The second-order valence-corrected chi connectivity index (χ2v) is 6.54. The summed E-state index contributed by atoms with van der Waals surface area (Å²) in [6.07, 6.45) is 0.581. The van der Waals surface area contributed by atoms with E-state index in [-0.39, 0.29) is 17.8 Å². The van der Waals surface area contributed by atoms with Gasteiger partial charge in [-0.15, -0.1) is 0 Å². The van der Waals surface area contributed by atoms with E-state index in [1.807, 2.05) is 4.90 Å². The number of pyridine rings is 1. The second-order valence-electron chi connectivity index (χ2n) is 6.54. The Labute approximate surface area is 159 Å². The zero-order valence-electron chi connectivity index (χ0n) is 15.2. The predicted molar refractivity (Wildman–Crippen MR) is 97.6 cm³/mol. The summed E-state index contributed by atoms with van der Waals surface area (Å²) < 4.78 is 10.9. The topological polar surface area (TPSA) is 131 Å². The summed E-state index contributed by atoms with van der Waals surface area (Å²) in [6, 6.07) is 7.79. The minimum Gasteiger partial charge on any atom is -0.380 e. The summed E-state index contributed by atoms with van der Waals surface area (Å²) in [5, 5.41) is 24.9. The molecular formula is C18H16N6O4. The standard InChI is InChI=1S/C18H16N6O4/c1-10-20-18(28-22-10)16-7-13(27-2)9-23(16)17-5-11(8-19)14-6-12(24(25)26)3-4-15(14)21-17/h3-6,13,16H,7,9H2,1-2H3. The molecule has 2 atom stereocenters. The minimum atomic E-state index is -0.494. The number of hydrogen-bond acceptors (Lipinski definition) is 9. The van der Waals surface area contributed by atoms with Crippen LogP contribution in [0.4, 0.5) is 11.5 Å². The summed E-state index contributed by atoms with van der Waals surface area (Å²) in [4.78, 5) is 21.5. The molecule has 142 valence electrons. The van der Waals surface area contributed by atoms with Crippen LogP contribution in [-0.2, 0) is 4.74 Å². The van der Waals surface area contributed by atoms with Crippen molar-refractivity contribution in [1.29, 1.82) is 5.26 Å². The van der Waals surface area contributed by atoms with Gasteiger partial charge in [0.15, 0.2) is 5.82 Å². The number of methoxy groups -OCH3 is 1. The first kappa shape index (κ1) is 17.8. The predicted octanol–water partition coefficient (Wildman–Crippen LogP) is 2.67. The van der Waals surface area contributed by atoms with Gasteiger partial charge in [-0.25, -0.2) is 4.98 Å². The molecule has 4 rings (SSSR count). The monoisotopic (exact) mass is 380 g/mol. The highest BCUT2D eigenvalue weighted by Crippen LogP contribution is 2.37. The summed E-state index contributed by atoms with van der Waals surface area (Å²) in [6.45, 7) is 2.29. The third kappa shape index (κ3) is 3.01. The molecule has 1 fully saturated rings. The molecule has 0 saturated carbocycles. The molecule has 0 radical (unpaired) electrons. The molecule has 28 heavy (non-hydrogen) atoms. The number of nitro benzene ring substituents is 1. The van der Waals surface area contributed by atoms with Crippen molar-refractivity contribution in [3.63, 3.8) is 0 Å². The maximum atomic E-state index is 11.0. The smallest absolute Gasteiger partial charge is 0.270 e. The molecule has 1 aromatic carbocycles. The Morgan fingerprint density at radius 3 is 2.86 bits per heavy atom. The van der Waals surface area contributed by atoms with Gasteiger partial charge in [-0.3, -0.25) is 10.1 Å². The quantitative estimate of drug-likeness (QED) is 0.495. The number of non-ortho nitro benzene ring substituents is 1. The molecule has 0 N–H and O–H groups in total. The van der Waals surface area contributed by atoms with Gasteiger partial charge in [0.25, 0.3) is 5.69 Å². The van der Waals surface area contributed by atoms with Gasteiger partial charge in [-0.05, 0) is 19.1 Å². The Morgan fingerprint density at radius 1 is 1.39 bits per heavy atom. The molecule has 3 heterocycles. The van der Waals surface area contributed by atoms with Gasteiger partial charge < -0.3 is 14.2 Å². The lowest BCUT2D eigenvalue weighted by atomic mass is 10.1. The third-order valence-electron chi connectivity index (χ3n) is 4.83. The largest absolute Gasteiger partial charge is 0.380 e. The van der Waals surface area contributed by atoms with Gasteiger partial charge in [0.05, 0.1) is 28.2 Å². The van der Waals surface area contributed by atoms with Crippen LogP contribution in [0.3, 0.4) is 0 Å². The number of fused-ring (bicyclic) bond motifs is 1. The number of ether oxygens (including phenoxy) is 1. The number of aryl methyl sites for hydroxylation is 1. The van der Waals surface area contributed by atoms with Gasteiger partial charge in [0.2, 0.25) is 5.89 Å². The molecule has 2 unspecified atom stereocenters. The van der Waals surface area contributed by atoms with Crippen LogP contribution in [0, 0.1) is 28.4 Å². The lowest BCUT2D eigenvalue weighted by molar-refractivity contribution is -0.384. The van der Waals surface area contributed by atoms with E-state index in [9.17, 15) is 15.4 Å². The SMILES string of the molecule is COC1CC(c2nc(C)no2)N(c2cc(C#N)c3cc([N+](=O)[O-])ccc3n2)C1. The highest BCUT2D eigenvalue weighted by molar-refractivity contribution is 5.88. The molecular weight excluding hydrogens is 364 g/mol. The zero-order valence-corrected chi connectivity index (χ0v) is 15.2. The third-order valence-corrected chi connectivity index (χ3v) is 4.83. The average molecular weight is 380 g/mol. The number of anilines is 1. The van der Waals surface area contributed by atoms with Crippen molar-refractivity contribution < 1.29 is 14.2 Å². The summed E-state index contributed by atoms with van der Waals surface area (Å²) in [5.41, 5.74) is 0.726. The summed E-state index contributed by atoms with van der Waals surface area (Å²) >= 11 is 0. The summed E-state index contributed by atoms with van der Waals surface area (Å²) in [5.74, 6) is 1.55. The van der Waals surface area contributed by atoms with Crippen LogP contribution in [0.15, 0.2) is 28.8 Å². The Hall–Kier alpha value is -3.58. The molecule has 0 spiro atoms. The number of nitriles is 1. The Morgan fingerprint density at radius 2 is 2.21 bits per heavy atom.